The zero-order chi connectivity index (χ0) is 27.5. The molecule has 0 saturated carbocycles. The highest BCUT2D eigenvalue weighted by atomic mass is 16.5. The second-order valence-electron chi connectivity index (χ2n) is 10.4. The lowest BCUT2D eigenvalue weighted by molar-refractivity contribution is -0.0597. The molecular formula is C29H40N2O7. The summed E-state index contributed by atoms with van der Waals surface area (Å²) in [5, 5.41) is 10.9. The molecule has 38 heavy (non-hydrogen) atoms. The smallest absolute Gasteiger partial charge is 0.167 e. The van der Waals surface area contributed by atoms with Crippen LogP contribution in [0.1, 0.15) is 45.5 Å². The molecule has 3 aliphatic heterocycles. The normalized spacial score (nSPS) is 24.2. The number of hydrogen-bond acceptors (Lipinski definition) is 9. The molecule has 0 amide bonds. The Labute approximate surface area is 225 Å². The molecule has 0 aliphatic carbocycles. The van der Waals surface area contributed by atoms with Crippen LogP contribution in [0.25, 0.3) is 0 Å². The third kappa shape index (κ3) is 3.48. The number of likely N-dealkylation sites (N-methyl/N-ethyl adjacent to an activating group) is 1. The van der Waals surface area contributed by atoms with Crippen LogP contribution in [-0.4, -0.2) is 89.8 Å². The van der Waals surface area contributed by atoms with Crippen LogP contribution in [0.4, 0.5) is 0 Å². The molecule has 9 nitrogen and oxygen atoms in total. The number of piperazine rings is 1. The van der Waals surface area contributed by atoms with Crippen molar-refractivity contribution in [1.29, 1.82) is 0 Å². The summed E-state index contributed by atoms with van der Waals surface area (Å²) in [5.74, 6) is 4.40. The van der Waals surface area contributed by atoms with Crippen LogP contribution in [-0.2, 0) is 12.8 Å². The number of rotatable bonds is 7. The maximum Gasteiger partial charge on any atom is 0.167 e. The lowest BCUT2D eigenvalue weighted by Crippen LogP contribution is -2.64. The van der Waals surface area contributed by atoms with Crippen LogP contribution in [0.2, 0.25) is 0 Å². The zero-order valence-electron chi connectivity index (χ0n) is 23.9. The van der Waals surface area contributed by atoms with E-state index in [0.29, 0.717) is 23.7 Å². The molecule has 9 heteroatoms. The number of aliphatic hydroxyl groups excluding tert-OH is 1. The first-order chi connectivity index (χ1) is 18.3. The second-order valence-corrected chi connectivity index (χ2v) is 10.4. The van der Waals surface area contributed by atoms with Gasteiger partial charge in [0.25, 0.3) is 0 Å². The Hall–Kier alpha value is -2.88. The first-order valence-electron chi connectivity index (χ1n) is 13.0. The minimum atomic E-state index is -0.275. The summed E-state index contributed by atoms with van der Waals surface area (Å²) in [6.45, 7) is 4.75. The minimum absolute atomic E-state index is 0.0174. The van der Waals surface area contributed by atoms with Gasteiger partial charge in [-0.3, -0.25) is 9.80 Å². The summed E-state index contributed by atoms with van der Waals surface area (Å²) < 4.78 is 35.6. The van der Waals surface area contributed by atoms with E-state index in [1.807, 2.05) is 13.8 Å². The van der Waals surface area contributed by atoms with Gasteiger partial charge < -0.3 is 33.5 Å². The second kappa shape index (κ2) is 10.0. The Kier molecular flexibility index (Phi) is 7.04. The highest BCUT2D eigenvalue weighted by molar-refractivity contribution is 5.67. The van der Waals surface area contributed by atoms with Gasteiger partial charge in [-0.05, 0) is 33.7 Å². The first-order valence-corrected chi connectivity index (χ1v) is 13.0. The standard InChI is InChI=1S/C29H40N2O7/c1-14-24(33-4)17-10-16-12-31-19(23(30(16)3)22(17)29(38-9)27(14)36-7)11-18-21(20(31)13-32)28(37-8)26(35-6)15(2)25(18)34-5/h16,19-20,23,32H,10-13H2,1-9H3/t16-,19-,20+,23+/m0/s1. The Morgan fingerprint density at radius 3 is 1.63 bits per heavy atom. The van der Waals surface area contributed by atoms with Crippen molar-refractivity contribution in [3.05, 3.63) is 33.4 Å². The number of hydrogen-bond donors (Lipinski definition) is 1. The van der Waals surface area contributed by atoms with Gasteiger partial charge >= 0.3 is 0 Å². The van der Waals surface area contributed by atoms with Gasteiger partial charge in [0, 0.05) is 52.0 Å². The van der Waals surface area contributed by atoms with Crippen molar-refractivity contribution in [3.63, 3.8) is 0 Å². The lowest BCUT2D eigenvalue weighted by atomic mass is 9.73. The summed E-state index contributed by atoms with van der Waals surface area (Å²) in [6, 6.07) is -0.0258. The summed E-state index contributed by atoms with van der Waals surface area (Å²) >= 11 is 0. The van der Waals surface area contributed by atoms with E-state index in [0.717, 1.165) is 58.0 Å². The van der Waals surface area contributed by atoms with Crippen LogP contribution >= 0.6 is 0 Å². The lowest BCUT2D eigenvalue weighted by Gasteiger charge is -2.58. The van der Waals surface area contributed by atoms with Crippen LogP contribution in [0.5, 0.6) is 34.5 Å². The number of aliphatic hydroxyl groups is 1. The van der Waals surface area contributed by atoms with Crippen LogP contribution in [0.15, 0.2) is 0 Å². The van der Waals surface area contributed by atoms with E-state index in [-0.39, 0.29) is 30.8 Å². The van der Waals surface area contributed by atoms with Gasteiger partial charge in [0.15, 0.2) is 23.0 Å². The predicted molar refractivity (Wildman–Crippen MR) is 144 cm³/mol. The molecule has 0 unspecified atom stereocenters. The fourth-order valence-corrected chi connectivity index (χ4v) is 7.47. The molecule has 0 radical (unpaired) electrons. The maximum absolute atomic E-state index is 10.9. The molecule has 2 bridgehead atoms. The predicted octanol–water partition coefficient (Wildman–Crippen LogP) is 3.23. The van der Waals surface area contributed by atoms with E-state index in [9.17, 15) is 5.11 Å². The molecular weight excluding hydrogens is 488 g/mol. The van der Waals surface area contributed by atoms with E-state index in [1.165, 1.54) is 5.56 Å². The molecule has 0 aromatic heterocycles. The van der Waals surface area contributed by atoms with E-state index in [1.54, 1.807) is 42.7 Å². The number of methoxy groups -OCH3 is 6. The van der Waals surface area contributed by atoms with Crippen LogP contribution < -0.4 is 28.4 Å². The Morgan fingerprint density at radius 2 is 1.16 bits per heavy atom. The third-order valence-corrected chi connectivity index (χ3v) is 8.97. The quantitative estimate of drug-likeness (QED) is 0.583. The van der Waals surface area contributed by atoms with E-state index < -0.39 is 0 Å². The number of ether oxygens (including phenoxy) is 6. The molecule has 4 atom stereocenters. The van der Waals surface area contributed by atoms with E-state index in [2.05, 4.69) is 16.8 Å². The molecule has 3 heterocycles. The van der Waals surface area contributed by atoms with Crippen molar-refractivity contribution in [3.8, 4) is 34.5 Å². The summed E-state index contributed by atoms with van der Waals surface area (Å²) in [6.07, 6.45) is 1.51. The topological polar surface area (TPSA) is 82.1 Å². The third-order valence-electron chi connectivity index (χ3n) is 8.97. The molecule has 208 valence electrons. The van der Waals surface area contributed by atoms with Gasteiger partial charge in [-0.15, -0.1) is 0 Å². The Balaban J connectivity index is 1.78. The average molecular weight is 529 g/mol. The van der Waals surface area contributed by atoms with Crippen LogP contribution in [0.3, 0.4) is 0 Å². The zero-order valence-corrected chi connectivity index (χ0v) is 23.9. The number of nitrogens with zero attached hydrogens (tertiary/aromatic N) is 2. The molecule has 1 fully saturated rings. The molecule has 3 aliphatic rings. The molecule has 2 aromatic rings. The fourth-order valence-electron chi connectivity index (χ4n) is 7.47. The van der Waals surface area contributed by atoms with Gasteiger partial charge in [0.2, 0.25) is 0 Å². The summed E-state index contributed by atoms with van der Waals surface area (Å²) in [5.41, 5.74) is 6.10. The summed E-state index contributed by atoms with van der Waals surface area (Å²) in [4.78, 5) is 4.90. The van der Waals surface area contributed by atoms with Crippen molar-refractivity contribution in [2.24, 2.45) is 0 Å². The van der Waals surface area contributed by atoms with Gasteiger partial charge in [-0.1, -0.05) is 0 Å². The highest BCUT2D eigenvalue weighted by Gasteiger charge is 2.53. The Bertz CT molecular complexity index is 1250. The summed E-state index contributed by atoms with van der Waals surface area (Å²) in [7, 11) is 12.3. The molecule has 2 aromatic carbocycles. The van der Waals surface area contributed by atoms with Crippen molar-refractivity contribution in [2.45, 2.75) is 50.9 Å². The van der Waals surface area contributed by atoms with Gasteiger partial charge in [-0.25, -0.2) is 0 Å². The van der Waals surface area contributed by atoms with Crippen LogP contribution in [0, 0.1) is 13.8 Å². The molecule has 0 spiro atoms. The van der Waals surface area contributed by atoms with E-state index in [4.69, 9.17) is 28.4 Å². The van der Waals surface area contributed by atoms with Crippen molar-refractivity contribution < 1.29 is 33.5 Å². The highest BCUT2D eigenvalue weighted by Crippen LogP contribution is 2.58. The van der Waals surface area contributed by atoms with Gasteiger partial charge in [0.05, 0.1) is 61.3 Å². The average Bonchev–Trinajstić information content (AvgIpc) is 2.91. The molecule has 1 N–H and O–H groups in total. The van der Waals surface area contributed by atoms with Crippen molar-refractivity contribution in [1.82, 2.24) is 9.80 Å². The van der Waals surface area contributed by atoms with Gasteiger partial charge in [0.1, 0.15) is 11.5 Å². The SMILES string of the molecule is COc1c(C)c(OC)c(OC)c2c1C[C@H]1[C@@H]3c4c(c(OC)c(C)c(OC)c4OC)C[C@@H](CN1[C@@H]2CO)N3C. The fraction of sp³-hybridized carbons (Fsp3) is 0.586. The van der Waals surface area contributed by atoms with Gasteiger partial charge in [-0.2, -0.15) is 0 Å². The minimum Gasteiger partial charge on any atom is -0.496 e. The molecule has 5 rings (SSSR count). The van der Waals surface area contributed by atoms with Crippen molar-refractivity contribution in [2.75, 3.05) is 62.9 Å². The maximum atomic E-state index is 10.9. The largest absolute Gasteiger partial charge is 0.496 e. The van der Waals surface area contributed by atoms with E-state index >= 15 is 0 Å². The number of fused-ring (bicyclic) bond motifs is 7. The Morgan fingerprint density at radius 1 is 0.684 bits per heavy atom. The monoisotopic (exact) mass is 528 g/mol. The van der Waals surface area contributed by atoms with Crippen molar-refractivity contribution >= 4 is 0 Å². The first kappa shape index (κ1) is 26.7. The number of benzene rings is 2. The molecule has 1 saturated heterocycles.